The zero-order valence-electron chi connectivity index (χ0n) is 11.1. The SMILES string of the molecule is CC1(C)C(NCC2CCCCS2)C2CCOC21. The van der Waals surface area contributed by atoms with Gasteiger partial charge in [0.2, 0.25) is 0 Å². The topological polar surface area (TPSA) is 21.3 Å². The average molecular weight is 255 g/mol. The molecule has 0 spiro atoms. The molecule has 4 unspecified atom stereocenters. The Morgan fingerprint density at radius 3 is 2.94 bits per heavy atom. The second kappa shape index (κ2) is 4.75. The number of fused-ring (bicyclic) bond motifs is 1. The summed E-state index contributed by atoms with van der Waals surface area (Å²) in [5.74, 6) is 2.16. The first-order valence-electron chi connectivity index (χ1n) is 7.16. The van der Waals surface area contributed by atoms with Gasteiger partial charge in [-0.25, -0.2) is 0 Å². The maximum atomic E-state index is 5.84. The molecule has 0 aromatic heterocycles. The maximum absolute atomic E-state index is 5.84. The predicted molar refractivity (Wildman–Crippen MR) is 73.5 cm³/mol. The summed E-state index contributed by atoms with van der Waals surface area (Å²) < 4.78 is 5.84. The van der Waals surface area contributed by atoms with Crippen LogP contribution in [-0.2, 0) is 4.74 Å². The molecule has 0 radical (unpaired) electrons. The van der Waals surface area contributed by atoms with Crippen molar-refractivity contribution in [2.24, 2.45) is 11.3 Å². The van der Waals surface area contributed by atoms with Crippen LogP contribution in [-0.4, -0.2) is 36.3 Å². The lowest BCUT2D eigenvalue weighted by Crippen LogP contribution is -2.66. The fourth-order valence-electron chi connectivity index (χ4n) is 3.97. The highest BCUT2D eigenvalue weighted by Gasteiger charge is 2.58. The minimum Gasteiger partial charge on any atom is -0.377 e. The van der Waals surface area contributed by atoms with Crippen molar-refractivity contribution in [1.29, 1.82) is 0 Å². The van der Waals surface area contributed by atoms with Crippen molar-refractivity contribution in [3.8, 4) is 0 Å². The molecule has 4 atom stereocenters. The zero-order chi connectivity index (χ0) is 11.9. The van der Waals surface area contributed by atoms with E-state index in [-0.39, 0.29) is 0 Å². The van der Waals surface area contributed by atoms with Gasteiger partial charge in [-0.15, -0.1) is 0 Å². The molecule has 0 aromatic carbocycles. The lowest BCUT2D eigenvalue weighted by atomic mass is 9.57. The fraction of sp³-hybridized carbons (Fsp3) is 1.00. The van der Waals surface area contributed by atoms with Crippen LogP contribution in [0, 0.1) is 11.3 Å². The number of thioether (sulfide) groups is 1. The van der Waals surface area contributed by atoms with Gasteiger partial charge < -0.3 is 10.1 Å². The van der Waals surface area contributed by atoms with E-state index in [0.717, 1.165) is 17.8 Å². The Labute approximate surface area is 109 Å². The fourth-order valence-corrected chi connectivity index (χ4v) is 5.22. The summed E-state index contributed by atoms with van der Waals surface area (Å²) in [6.07, 6.45) is 6.06. The molecule has 2 saturated heterocycles. The molecule has 17 heavy (non-hydrogen) atoms. The average Bonchev–Trinajstić information content (AvgIpc) is 2.77. The third kappa shape index (κ3) is 2.15. The molecule has 0 amide bonds. The van der Waals surface area contributed by atoms with Gasteiger partial charge in [0.05, 0.1) is 6.10 Å². The molecule has 2 aliphatic heterocycles. The van der Waals surface area contributed by atoms with Gasteiger partial charge in [-0.1, -0.05) is 20.3 Å². The van der Waals surface area contributed by atoms with Crippen LogP contribution in [0.25, 0.3) is 0 Å². The summed E-state index contributed by atoms with van der Waals surface area (Å²) in [6, 6.07) is 0.692. The van der Waals surface area contributed by atoms with Gasteiger partial charge in [0, 0.05) is 35.8 Å². The molecule has 2 heterocycles. The number of ether oxygens (including phenoxy) is 1. The molecule has 0 bridgehead atoms. The standard InChI is InChI=1S/C14H25NOS/c1-14(2)12(11-6-7-16-13(11)14)15-9-10-5-3-4-8-17-10/h10-13,15H,3-9H2,1-2H3. The van der Waals surface area contributed by atoms with Crippen LogP contribution in [0.1, 0.15) is 39.5 Å². The van der Waals surface area contributed by atoms with Crippen LogP contribution in [0.4, 0.5) is 0 Å². The number of nitrogens with one attached hydrogen (secondary N) is 1. The monoisotopic (exact) mass is 255 g/mol. The van der Waals surface area contributed by atoms with Crippen molar-refractivity contribution < 1.29 is 4.74 Å². The second-order valence-electron chi connectivity index (χ2n) is 6.44. The van der Waals surface area contributed by atoms with E-state index in [0.29, 0.717) is 17.6 Å². The van der Waals surface area contributed by atoms with E-state index in [9.17, 15) is 0 Å². The summed E-state index contributed by atoms with van der Waals surface area (Å²) in [6.45, 7) is 6.92. The van der Waals surface area contributed by atoms with Gasteiger partial charge >= 0.3 is 0 Å². The molecule has 3 rings (SSSR count). The molecular weight excluding hydrogens is 230 g/mol. The van der Waals surface area contributed by atoms with E-state index in [1.807, 2.05) is 0 Å². The molecule has 1 N–H and O–H groups in total. The minimum absolute atomic E-state index is 0.348. The Morgan fingerprint density at radius 1 is 1.29 bits per heavy atom. The largest absolute Gasteiger partial charge is 0.377 e. The van der Waals surface area contributed by atoms with E-state index in [1.54, 1.807) is 0 Å². The summed E-state index contributed by atoms with van der Waals surface area (Å²) in [5.41, 5.74) is 0.348. The van der Waals surface area contributed by atoms with Crippen LogP contribution in [0.15, 0.2) is 0 Å². The Kier molecular flexibility index (Phi) is 3.44. The van der Waals surface area contributed by atoms with Crippen molar-refractivity contribution >= 4 is 11.8 Å². The highest BCUT2D eigenvalue weighted by atomic mass is 32.2. The molecule has 98 valence electrons. The van der Waals surface area contributed by atoms with E-state index >= 15 is 0 Å². The first-order valence-corrected chi connectivity index (χ1v) is 8.21. The molecule has 2 nitrogen and oxygen atoms in total. The Balaban J connectivity index is 1.51. The van der Waals surface area contributed by atoms with E-state index in [2.05, 4.69) is 30.9 Å². The van der Waals surface area contributed by atoms with Crippen LogP contribution >= 0.6 is 11.8 Å². The van der Waals surface area contributed by atoms with E-state index in [1.165, 1.54) is 38.0 Å². The Morgan fingerprint density at radius 2 is 2.18 bits per heavy atom. The van der Waals surface area contributed by atoms with Crippen LogP contribution in [0.5, 0.6) is 0 Å². The van der Waals surface area contributed by atoms with Gasteiger partial charge in [0.25, 0.3) is 0 Å². The number of rotatable bonds is 3. The lowest BCUT2D eigenvalue weighted by Gasteiger charge is -2.55. The highest BCUT2D eigenvalue weighted by molar-refractivity contribution is 7.99. The number of hydrogen-bond acceptors (Lipinski definition) is 3. The third-order valence-corrected chi connectivity index (χ3v) is 6.34. The van der Waals surface area contributed by atoms with Crippen LogP contribution in [0.3, 0.4) is 0 Å². The minimum atomic E-state index is 0.348. The highest BCUT2D eigenvalue weighted by Crippen LogP contribution is 2.52. The lowest BCUT2D eigenvalue weighted by molar-refractivity contribution is -0.112. The van der Waals surface area contributed by atoms with Crippen molar-refractivity contribution in [2.45, 2.75) is 56.9 Å². The first kappa shape index (κ1) is 12.3. The van der Waals surface area contributed by atoms with Crippen molar-refractivity contribution in [1.82, 2.24) is 5.32 Å². The van der Waals surface area contributed by atoms with Crippen molar-refractivity contribution in [3.05, 3.63) is 0 Å². The van der Waals surface area contributed by atoms with Gasteiger partial charge in [0.15, 0.2) is 0 Å². The summed E-state index contributed by atoms with van der Waals surface area (Å²) in [7, 11) is 0. The zero-order valence-corrected chi connectivity index (χ0v) is 11.9. The summed E-state index contributed by atoms with van der Waals surface area (Å²) >= 11 is 2.17. The summed E-state index contributed by atoms with van der Waals surface area (Å²) in [4.78, 5) is 0. The maximum Gasteiger partial charge on any atom is 0.0685 e. The molecule has 0 aromatic rings. The van der Waals surface area contributed by atoms with Crippen LogP contribution < -0.4 is 5.32 Å². The quantitative estimate of drug-likeness (QED) is 0.838. The molecule has 1 aliphatic carbocycles. The van der Waals surface area contributed by atoms with Gasteiger partial charge in [-0.3, -0.25) is 0 Å². The van der Waals surface area contributed by atoms with Gasteiger partial charge in [0.1, 0.15) is 0 Å². The van der Waals surface area contributed by atoms with Crippen LogP contribution in [0.2, 0.25) is 0 Å². The summed E-state index contributed by atoms with van der Waals surface area (Å²) in [5, 5.41) is 4.71. The van der Waals surface area contributed by atoms with Crippen molar-refractivity contribution in [3.63, 3.8) is 0 Å². The molecule has 1 saturated carbocycles. The molecule has 3 aliphatic rings. The van der Waals surface area contributed by atoms with E-state index in [4.69, 9.17) is 4.74 Å². The first-order chi connectivity index (χ1) is 8.19. The molecule has 3 heteroatoms. The molecular formula is C14H25NOS. The Bertz CT molecular complexity index is 275. The van der Waals surface area contributed by atoms with E-state index < -0.39 is 0 Å². The Hall–Kier alpha value is 0.270. The molecule has 3 fully saturated rings. The van der Waals surface area contributed by atoms with Gasteiger partial charge in [-0.2, -0.15) is 11.8 Å². The van der Waals surface area contributed by atoms with Gasteiger partial charge in [-0.05, 0) is 25.0 Å². The predicted octanol–water partition coefficient (Wildman–Crippen LogP) is 2.68. The second-order valence-corrected chi connectivity index (χ2v) is 7.85. The normalized spacial score (nSPS) is 44.1. The third-order valence-electron chi connectivity index (χ3n) is 4.94. The smallest absolute Gasteiger partial charge is 0.0685 e. The number of hydrogen-bond donors (Lipinski definition) is 1. The van der Waals surface area contributed by atoms with Crippen molar-refractivity contribution in [2.75, 3.05) is 18.9 Å².